The number of hydrogen-bond acceptors (Lipinski definition) is 1. The van der Waals surface area contributed by atoms with Crippen LogP contribution in [0.3, 0.4) is 0 Å². The minimum atomic E-state index is -0.431. The van der Waals surface area contributed by atoms with Gasteiger partial charge in [-0.2, -0.15) is 0 Å². The zero-order chi connectivity index (χ0) is 8.43. The summed E-state index contributed by atoms with van der Waals surface area (Å²) in [6.07, 6.45) is 0. The van der Waals surface area contributed by atoms with E-state index in [9.17, 15) is 4.39 Å². The first kappa shape index (κ1) is 8.68. The van der Waals surface area contributed by atoms with Crippen molar-refractivity contribution in [2.24, 2.45) is 4.99 Å². The summed E-state index contributed by atoms with van der Waals surface area (Å²) in [5.41, 5.74) is 0.427. The molecule has 0 heterocycles. The van der Waals surface area contributed by atoms with Gasteiger partial charge in [0.2, 0.25) is 0 Å². The standard InChI is InChI=1S/C7H4BrClFN/c1-11-4-2-5(9)7(8)6(10)3-4/h2-3H,1H2. The van der Waals surface area contributed by atoms with Gasteiger partial charge in [-0.1, -0.05) is 11.6 Å². The van der Waals surface area contributed by atoms with Gasteiger partial charge in [0, 0.05) is 6.07 Å². The Morgan fingerprint density at radius 1 is 1.55 bits per heavy atom. The van der Waals surface area contributed by atoms with E-state index in [1.807, 2.05) is 0 Å². The van der Waals surface area contributed by atoms with Crippen molar-refractivity contribution in [2.45, 2.75) is 0 Å². The average Bonchev–Trinajstić information content (AvgIpc) is 1.99. The molecule has 1 nitrogen and oxygen atoms in total. The molecule has 0 atom stereocenters. The lowest BCUT2D eigenvalue weighted by Gasteiger charge is -1.98. The molecule has 0 spiro atoms. The van der Waals surface area contributed by atoms with Gasteiger partial charge in [-0.15, -0.1) is 0 Å². The van der Waals surface area contributed by atoms with Crippen molar-refractivity contribution < 1.29 is 4.39 Å². The molecule has 0 N–H and O–H groups in total. The summed E-state index contributed by atoms with van der Waals surface area (Å²) in [4.78, 5) is 3.54. The Morgan fingerprint density at radius 2 is 2.18 bits per heavy atom. The molecule has 0 saturated heterocycles. The molecule has 0 aliphatic carbocycles. The molecule has 1 rings (SSSR count). The van der Waals surface area contributed by atoms with E-state index in [4.69, 9.17) is 11.6 Å². The summed E-state index contributed by atoms with van der Waals surface area (Å²) in [7, 11) is 0. The highest BCUT2D eigenvalue weighted by Crippen LogP contribution is 2.29. The minimum Gasteiger partial charge on any atom is -0.265 e. The normalized spacial score (nSPS) is 9.73. The molecule has 0 fully saturated rings. The maximum atomic E-state index is 12.8. The lowest BCUT2D eigenvalue weighted by Crippen LogP contribution is -1.77. The molecular weight excluding hydrogens is 232 g/mol. The van der Waals surface area contributed by atoms with E-state index in [1.165, 1.54) is 12.1 Å². The van der Waals surface area contributed by atoms with E-state index in [1.54, 1.807) is 0 Å². The van der Waals surface area contributed by atoms with E-state index in [-0.39, 0.29) is 4.47 Å². The predicted molar refractivity (Wildman–Crippen MR) is 48.3 cm³/mol. The highest BCUT2D eigenvalue weighted by molar-refractivity contribution is 9.10. The molecule has 0 aliphatic rings. The highest BCUT2D eigenvalue weighted by atomic mass is 79.9. The summed E-state index contributed by atoms with van der Waals surface area (Å²) in [6, 6.07) is 2.78. The summed E-state index contributed by atoms with van der Waals surface area (Å²) in [5.74, 6) is -0.431. The van der Waals surface area contributed by atoms with Gasteiger partial charge in [0.05, 0.1) is 15.2 Å². The summed E-state index contributed by atoms with van der Waals surface area (Å²) in [6.45, 7) is 3.25. The van der Waals surface area contributed by atoms with Crippen LogP contribution in [0.4, 0.5) is 10.1 Å². The fraction of sp³-hybridized carbons (Fsp3) is 0. The Balaban J connectivity index is 3.31. The molecule has 58 valence electrons. The smallest absolute Gasteiger partial charge is 0.141 e. The van der Waals surface area contributed by atoms with Crippen LogP contribution in [0.5, 0.6) is 0 Å². The molecule has 1 aromatic carbocycles. The second-order valence-electron chi connectivity index (χ2n) is 1.88. The fourth-order valence-electron chi connectivity index (χ4n) is 0.633. The third kappa shape index (κ3) is 1.79. The second kappa shape index (κ2) is 3.32. The molecular formula is C7H4BrClFN. The second-order valence-corrected chi connectivity index (χ2v) is 3.08. The first-order valence-electron chi connectivity index (χ1n) is 2.76. The predicted octanol–water partition coefficient (Wildman–Crippen LogP) is 3.57. The molecule has 0 amide bonds. The summed E-state index contributed by atoms with van der Waals surface area (Å²) in [5, 5.41) is 0.299. The number of benzene rings is 1. The van der Waals surface area contributed by atoms with Crippen LogP contribution >= 0.6 is 27.5 Å². The number of aliphatic imine (C=N–C) groups is 1. The van der Waals surface area contributed by atoms with E-state index < -0.39 is 5.82 Å². The molecule has 0 unspecified atom stereocenters. The van der Waals surface area contributed by atoms with Gasteiger partial charge in [-0.05, 0) is 28.7 Å². The minimum absolute atomic E-state index is 0.256. The van der Waals surface area contributed by atoms with Gasteiger partial charge in [0.1, 0.15) is 5.82 Å². The first-order chi connectivity index (χ1) is 5.15. The van der Waals surface area contributed by atoms with Crippen molar-refractivity contribution >= 4 is 39.9 Å². The van der Waals surface area contributed by atoms with Crippen molar-refractivity contribution in [3.63, 3.8) is 0 Å². The highest BCUT2D eigenvalue weighted by Gasteiger charge is 2.04. The topological polar surface area (TPSA) is 12.4 Å². The maximum absolute atomic E-state index is 12.8. The van der Waals surface area contributed by atoms with Crippen LogP contribution in [0, 0.1) is 5.82 Å². The van der Waals surface area contributed by atoms with Crippen LogP contribution in [0.25, 0.3) is 0 Å². The van der Waals surface area contributed by atoms with Crippen molar-refractivity contribution in [3.05, 3.63) is 27.4 Å². The van der Waals surface area contributed by atoms with Crippen LogP contribution in [-0.4, -0.2) is 6.72 Å². The van der Waals surface area contributed by atoms with Crippen LogP contribution in [-0.2, 0) is 0 Å². The van der Waals surface area contributed by atoms with Crippen molar-refractivity contribution in [1.82, 2.24) is 0 Å². The number of hydrogen-bond donors (Lipinski definition) is 0. The lowest BCUT2D eigenvalue weighted by molar-refractivity contribution is 0.621. The van der Waals surface area contributed by atoms with Crippen molar-refractivity contribution in [3.8, 4) is 0 Å². The lowest BCUT2D eigenvalue weighted by atomic mass is 10.3. The van der Waals surface area contributed by atoms with Gasteiger partial charge >= 0.3 is 0 Å². The monoisotopic (exact) mass is 235 g/mol. The van der Waals surface area contributed by atoms with Crippen molar-refractivity contribution in [2.75, 3.05) is 0 Å². The molecule has 0 aromatic heterocycles. The van der Waals surface area contributed by atoms with Crippen LogP contribution in [0.2, 0.25) is 5.02 Å². The van der Waals surface area contributed by atoms with Gasteiger partial charge in [0.15, 0.2) is 0 Å². The summed E-state index contributed by atoms with van der Waals surface area (Å²) >= 11 is 8.60. The molecule has 0 saturated carbocycles. The van der Waals surface area contributed by atoms with Gasteiger partial charge < -0.3 is 0 Å². The zero-order valence-electron chi connectivity index (χ0n) is 5.44. The van der Waals surface area contributed by atoms with E-state index in [2.05, 4.69) is 27.6 Å². The molecule has 0 bridgehead atoms. The van der Waals surface area contributed by atoms with E-state index in [0.29, 0.717) is 10.7 Å². The Morgan fingerprint density at radius 3 is 2.64 bits per heavy atom. The Labute approximate surface area is 77.0 Å². The number of halogens is 3. The molecule has 1 aromatic rings. The number of rotatable bonds is 1. The van der Waals surface area contributed by atoms with Gasteiger partial charge in [-0.3, -0.25) is 4.99 Å². The SMILES string of the molecule is C=Nc1cc(F)c(Br)c(Cl)c1. The number of nitrogens with zero attached hydrogens (tertiary/aromatic N) is 1. The average molecular weight is 236 g/mol. The first-order valence-corrected chi connectivity index (χ1v) is 3.93. The Hall–Kier alpha value is -0.410. The maximum Gasteiger partial charge on any atom is 0.141 e. The van der Waals surface area contributed by atoms with Crippen LogP contribution in [0.15, 0.2) is 21.6 Å². The Kier molecular flexibility index (Phi) is 2.62. The third-order valence-corrected chi connectivity index (χ3v) is 2.48. The van der Waals surface area contributed by atoms with Crippen molar-refractivity contribution in [1.29, 1.82) is 0 Å². The quantitative estimate of drug-likeness (QED) is 0.522. The van der Waals surface area contributed by atoms with E-state index in [0.717, 1.165) is 0 Å². The largest absolute Gasteiger partial charge is 0.265 e. The molecule has 11 heavy (non-hydrogen) atoms. The van der Waals surface area contributed by atoms with Gasteiger partial charge in [0.25, 0.3) is 0 Å². The zero-order valence-corrected chi connectivity index (χ0v) is 7.78. The Bertz CT molecular complexity index is 277. The van der Waals surface area contributed by atoms with Crippen LogP contribution < -0.4 is 0 Å². The van der Waals surface area contributed by atoms with E-state index >= 15 is 0 Å². The molecule has 4 heteroatoms. The summed E-state index contributed by atoms with van der Waals surface area (Å²) < 4.78 is 13.1. The third-order valence-electron chi connectivity index (χ3n) is 1.15. The van der Waals surface area contributed by atoms with Gasteiger partial charge in [-0.25, -0.2) is 4.39 Å². The fourth-order valence-corrected chi connectivity index (χ4v) is 1.06. The molecule has 0 aliphatic heterocycles. The van der Waals surface area contributed by atoms with Crippen LogP contribution in [0.1, 0.15) is 0 Å². The molecule has 0 radical (unpaired) electrons.